The van der Waals surface area contributed by atoms with Crippen molar-refractivity contribution >= 4 is 5.91 Å². The Kier molecular flexibility index (Phi) is 3.84. The zero-order valence-corrected chi connectivity index (χ0v) is 13.9. The first-order chi connectivity index (χ1) is 11.7. The second-order valence-corrected chi connectivity index (χ2v) is 6.96. The van der Waals surface area contributed by atoms with Crippen molar-refractivity contribution in [1.82, 2.24) is 20.4 Å². The molecule has 24 heavy (non-hydrogen) atoms. The number of aromatic nitrogens is 2. The molecule has 1 amide bonds. The lowest BCUT2D eigenvalue weighted by molar-refractivity contribution is 0.0707. The fourth-order valence-corrected chi connectivity index (χ4v) is 3.55. The molecule has 6 nitrogen and oxygen atoms in total. The second kappa shape index (κ2) is 6.02. The van der Waals surface area contributed by atoms with Gasteiger partial charge in [0.15, 0.2) is 5.82 Å². The van der Waals surface area contributed by atoms with Crippen LogP contribution in [0.3, 0.4) is 0 Å². The number of rotatable bonds is 3. The Hall–Kier alpha value is -2.21. The number of amides is 1. The van der Waals surface area contributed by atoms with Crippen LogP contribution in [0.4, 0.5) is 0 Å². The molecular formula is C18H22N4O2. The molecule has 2 aliphatic heterocycles. The molecule has 1 N–H and O–H groups in total. The van der Waals surface area contributed by atoms with Crippen LogP contribution < -0.4 is 5.32 Å². The van der Waals surface area contributed by atoms with Crippen LogP contribution >= 0.6 is 0 Å². The third kappa shape index (κ3) is 2.71. The molecule has 3 heterocycles. The molecule has 1 aromatic heterocycles. The van der Waals surface area contributed by atoms with Gasteiger partial charge in [0.05, 0.1) is 0 Å². The first-order valence-electron chi connectivity index (χ1n) is 8.57. The fraction of sp³-hybridized carbons (Fsp3) is 0.500. The van der Waals surface area contributed by atoms with Gasteiger partial charge in [0.1, 0.15) is 6.54 Å². The predicted molar refractivity (Wildman–Crippen MR) is 88.6 cm³/mol. The van der Waals surface area contributed by atoms with Crippen molar-refractivity contribution < 1.29 is 9.32 Å². The van der Waals surface area contributed by atoms with Gasteiger partial charge >= 0.3 is 0 Å². The summed E-state index contributed by atoms with van der Waals surface area (Å²) in [5.41, 5.74) is 1.87. The molecule has 4 rings (SSSR count). The third-order valence-corrected chi connectivity index (χ3v) is 5.23. The van der Waals surface area contributed by atoms with Gasteiger partial charge in [-0.05, 0) is 44.0 Å². The van der Waals surface area contributed by atoms with E-state index in [0.29, 0.717) is 19.0 Å². The fourth-order valence-electron chi connectivity index (χ4n) is 3.55. The van der Waals surface area contributed by atoms with Gasteiger partial charge in [0.25, 0.3) is 5.91 Å². The van der Waals surface area contributed by atoms with Gasteiger partial charge in [-0.15, -0.1) is 0 Å². The van der Waals surface area contributed by atoms with Crippen LogP contribution in [-0.2, 0) is 18.4 Å². The first-order valence-corrected chi connectivity index (χ1v) is 8.57. The summed E-state index contributed by atoms with van der Waals surface area (Å²) in [6, 6.07) is 7.79. The third-order valence-electron chi connectivity index (χ3n) is 5.23. The van der Waals surface area contributed by atoms with E-state index in [1.165, 1.54) is 0 Å². The maximum atomic E-state index is 12.6. The Bertz CT molecular complexity index is 749. The molecule has 0 unspecified atom stereocenters. The van der Waals surface area contributed by atoms with Crippen molar-refractivity contribution in [2.45, 2.75) is 38.1 Å². The van der Waals surface area contributed by atoms with E-state index in [1.54, 1.807) is 4.90 Å². The number of carbonyl (C=O) groups excluding carboxylic acids is 1. The average molecular weight is 326 g/mol. The molecule has 126 valence electrons. The van der Waals surface area contributed by atoms with Gasteiger partial charge in [-0.3, -0.25) is 4.79 Å². The number of fused-ring (bicyclic) bond motifs is 1. The Morgan fingerprint density at radius 3 is 2.92 bits per heavy atom. The van der Waals surface area contributed by atoms with Crippen LogP contribution in [0.15, 0.2) is 28.8 Å². The average Bonchev–Trinajstić information content (AvgIpc) is 3.08. The van der Waals surface area contributed by atoms with Crippen LogP contribution in [0, 0.1) is 0 Å². The van der Waals surface area contributed by atoms with Crippen LogP contribution in [0.25, 0.3) is 0 Å². The number of piperidine rings is 1. The summed E-state index contributed by atoms with van der Waals surface area (Å²) >= 11 is 0. The van der Waals surface area contributed by atoms with Crippen molar-refractivity contribution in [3.63, 3.8) is 0 Å². The van der Waals surface area contributed by atoms with E-state index in [1.807, 2.05) is 24.3 Å². The van der Waals surface area contributed by atoms with Crippen LogP contribution in [-0.4, -0.2) is 40.6 Å². The van der Waals surface area contributed by atoms with Gasteiger partial charge in [-0.1, -0.05) is 30.3 Å². The number of hydrogen-bond acceptors (Lipinski definition) is 5. The SMILES string of the molecule is CC1(c2noc(CN3CCc4ccccc4C3=O)n2)CCNCC1. The molecule has 6 heteroatoms. The maximum absolute atomic E-state index is 12.6. The van der Waals surface area contributed by atoms with Crippen molar-refractivity contribution in [2.75, 3.05) is 19.6 Å². The van der Waals surface area contributed by atoms with Crippen molar-refractivity contribution in [1.29, 1.82) is 0 Å². The van der Waals surface area contributed by atoms with Gasteiger partial charge in [-0.2, -0.15) is 4.98 Å². The Morgan fingerprint density at radius 2 is 2.08 bits per heavy atom. The minimum atomic E-state index is -0.0362. The number of hydrogen-bond donors (Lipinski definition) is 1. The first kappa shape index (κ1) is 15.3. The molecule has 1 saturated heterocycles. The van der Waals surface area contributed by atoms with Gasteiger partial charge in [0, 0.05) is 17.5 Å². The zero-order valence-electron chi connectivity index (χ0n) is 13.9. The van der Waals surface area contributed by atoms with Crippen LogP contribution in [0.2, 0.25) is 0 Å². The summed E-state index contributed by atoms with van der Waals surface area (Å²) in [4.78, 5) is 19.0. The molecule has 2 aliphatic rings. The Labute approximate surface area is 141 Å². The highest BCUT2D eigenvalue weighted by molar-refractivity contribution is 5.96. The topological polar surface area (TPSA) is 71.3 Å². The lowest BCUT2D eigenvalue weighted by Crippen LogP contribution is -2.38. The Morgan fingerprint density at radius 1 is 1.29 bits per heavy atom. The van der Waals surface area contributed by atoms with Gasteiger partial charge in [-0.25, -0.2) is 0 Å². The monoisotopic (exact) mass is 326 g/mol. The van der Waals surface area contributed by atoms with E-state index in [0.717, 1.165) is 49.3 Å². The van der Waals surface area contributed by atoms with Gasteiger partial charge < -0.3 is 14.7 Å². The number of carbonyl (C=O) groups is 1. The van der Waals surface area contributed by atoms with E-state index in [-0.39, 0.29) is 11.3 Å². The predicted octanol–water partition coefficient (Wildman–Crippen LogP) is 1.91. The normalized spacial score (nSPS) is 20.0. The summed E-state index contributed by atoms with van der Waals surface area (Å²) in [6.07, 6.45) is 2.87. The molecule has 1 aromatic carbocycles. The lowest BCUT2D eigenvalue weighted by atomic mass is 9.80. The molecule has 2 aromatic rings. The maximum Gasteiger partial charge on any atom is 0.254 e. The largest absolute Gasteiger partial charge is 0.337 e. The molecule has 0 bridgehead atoms. The van der Waals surface area contributed by atoms with E-state index < -0.39 is 0 Å². The van der Waals surface area contributed by atoms with Crippen molar-refractivity contribution in [3.8, 4) is 0 Å². The highest BCUT2D eigenvalue weighted by atomic mass is 16.5. The number of benzene rings is 1. The molecule has 0 spiro atoms. The van der Waals surface area contributed by atoms with Gasteiger partial charge in [0.2, 0.25) is 5.89 Å². The highest BCUT2D eigenvalue weighted by Crippen LogP contribution is 2.31. The van der Waals surface area contributed by atoms with Crippen molar-refractivity contribution in [3.05, 3.63) is 47.1 Å². The van der Waals surface area contributed by atoms with E-state index >= 15 is 0 Å². The molecule has 0 saturated carbocycles. The highest BCUT2D eigenvalue weighted by Gasteiger charge is 2.34. The summed E-state index contributed by atoms with van der Waals surface area (Å²) in [7, 11) is 0. The summed E-state index contributed by atoms with van der Waals surface area (Å²) in [5.74, 6) is 1.34. The summed E-state index contributed by atoms with van der Waals surface area (Å²) in [6.45, 7) is 5.21. The zero-order chi connectivity index (χ0) is 16.6. The second-order valence-electron chi connectivity index (χ2n) is 6.96. The Balaban J connectivity index is 1.50. The number of nitrogens with zero attached hydrogens (tertiary/aromatic N) is 3. The van der Waals surface area contributed by atoms with Crippen LogP contribution in [0.5, 0.6) is 0 Å². The molecule has 0 atom stereocenters. The quantitative estimate of drug-likeness (QED) is 0.933. The van der Waals surface area contributed by atoms with E-state index in [2.05, 4.69) is 22.4 Å². The van der Waals surface area contributed by atoms with E-state index in [4.69, 9.17) is 4.52 Å². The number of nitrogens with one attached hydrogen (secondary N) is 1. The minimum absolute atomic E-state index is 0.0362. The standard InChI is InChI=1S/C18H22N4O2/c1-18(7-9-19-10-8-18)17-20-15(24-21-17)12-22-11-6-13-4-2-3-5-14(13)16(22)23/h2-5,19H,6-12H2,1H3. The molecule has 1 fully saturated rings. The molecule has 0 radical (unpaired) electrons. The van der Waals surface area contributed by atoms with Crippen LogP contribution in [0.1, 0.15) is 47.4 Å². The molecule has 0 aliphatic carbocycles. The lowest BCUT2D eigenvalue weighted by Gasteiger charge is -2.30. The minimum Gasteiger partial charge on any atom is -0.337 e. The molecular weight excluding hydrogens is 304 g/mol. The van der Waals surface area contributed by atoms with Crippen molar-refractivity contribution in [2.24, 2.45) is 0 Å². The summed E-state index contributed by atoms with van der Waals surface area (Å²) in [5, 5.41) is 7.55. The smallest absolute Gasteiger partial charge is 0.254 e. The van der Waals surface area contributed by atoms with E-state index in [9.17, 15) is 4.79 Å². The summed E-state index contributed by atoms with van der Waals surface area (Å²) < 4.78 is 5.45.